The summed E-state index contributed by atoms with van der Waals surface area (Å²) < 4.78 is 5.30. The van der Waals surface area contributed by atoms with E-state index in [2.05, 4.69) is 5.32 Å². The molecule has 2 rings (SSSR count). The first kappa shape index (κ1) is 25.1. The van der Waals surface area contributed by atoms with E-state index in [1.807, 2.05) is 62.4 Å². The number of hydrogen-bond acceptors (Lipinski definition) is 4. The third-order valence-electron chi connectivity index (χ3n) is 5.10. The van der Waals surface area contributed by atoms with E-state index in [9.17, 15) is 9.59 Å². The summed E-state index contributed by atoms with van der Waals surface area (Å²) in [6.45, 7) is 6.07. The van der Waals surface area contributed by atoms with Gasteiger partial charge in [0.05, 0.1) is 12.9 Å². The third-order valence-corrected chi connectivity index (χ3v) is 6.43. The third kappa shape index (κ3) is 7.78. The van der Waals surface area contributed by atoms with Crippen molar-refractivity contribution < 1.29 is 14.3 Å². The van der Waals surface area contributed by atoms with Crippen molar-refractivity contribution in [3.63, 3.8) is 0 Å². The molecule has 2 amide bonds. The Bertz CT molecular complexity index is 877. The highest BCUT2D eigenvalue weighted by atomic mass is 35.5. The zero-order valence-corrected chi connectivity index (χ0v) is 20.1. The number of halogens is 1. The molecule has 0 saturated heterocycles. The molecule has 7 heteroatoms. The molecule has 0 heterocycles. The van der Waals surface area contributed by atoms with Crippen LogP contribution in [0.3, 0.4) is 0 Å². The molecule has 2 aromatic rings. The number of ether oxygens (including phenoxy) is 1. The Hall–Kier alpha value is -2.18. The molecule has 31 heavy (non-hydrogen) atoms. The Morgan fingerprint density at radius 3 is 2.58 bits per heavy atom. The van der Waals surface area contributed by atoms with Crippen LogP contribution in [0.2, 0.25) is 5.02 Å². The number of methoxy groups -OCH3 is 1. The number of carbonyl (C=O) groups is 2. The summed E-state index contributed by atoms with van der Waals surface area (Å²) in [5.41, 5.74) is 1.90. The van der Waals surface area contributed by atoms with E-state index in [0.717, 1.165) is 23.3 Å². The number of nitrogens with zero attached hydrogens (tertiary/aromatic N) is 1. The molecule has 2 atom stereocenters. The van der Waals surface area contributed by atoms with Gasteiger partial charge in [-0.1, -0.05) is 48.9 Å². The van der Waals surface area contributed by atoms with Crippen molar-refractivity contribution in [2.24, 2.45) is 0 Å². The highest BCUT2D eigenvalue weighted by Crippen LogP contribution is 2.22. The summed E-state index contributed by atoms with van der Waals surface area (Å²) in [4.78, 5) is 27.5. The topological polar surface area (TPSA) is 58.6 Å². The van der Waals surface area contributed by atoms with Gasteiger partial charge in [-0.05, 0) is 49.6 Å². The normalized spacial score (nSPS) is 12.7. The van der Waals surface area contributed by atoms with E-state index in [1.165, 1.54) is 11.8 Å². The Morgan fingerprint density at radius 1 is 1.16 bits per heavy atom. The first-order valence-corrected chi connectivity index (χ1v) is 11.9. The van der Waals surface area contributed by atoms with Gasteiger partial charge in [-0.15, -0.1) is 11.8 Å². The van der Waals surface area contributed by atoms with Crippen molar-refractivity contribution >= 4 is 35.2 Å². The van der Waals surface area contributed by atoms with Gasteiger partial charge in [0.15, 0.2) is 0 Å². The lowest BCUT2D eigenvalue weighted by atomic mass is 10.1. The number of nitrogens with one attached hydrogen (secondary N) is 1. The molecule has 0 saturated carbocycles. The van der Waals surface area contributed by atoms with Crippen LogP contribution in [0.5, 0.6) is 5.75 Å². The molecular weight excluding hydrogens is 432 g/mol. The second-order valence-corrected chi connectivity index (χ2v) is 8.84. The average molecular weight is 463 g/mol. The van der Waals surface area contributed by atoms with Gasteiger partial charge < -0.3 is 15.0 Å². The molecule has 0 aliphatic carbocycles. The minimum atomic E-state index is -0.589. The maximum atomic E-state index is 13.1. The van der Waals surface area contributed by atoms with Crippen LogP contribution in [0.25, 0.3) is 0 Å². The molecule has 1 N–H and O–H groups in total. The summed E-state index contributed by atoms with van der Waals surface area (Å²) in [6, 6.07) is 14.6. The fraction of sp³-hybridized carbons (Fsp3) is 0.417. The van der Waals surface area contributed by atoms with E-state index < -0.39 is 6.04 Å². The van der Waals surface area contributed by atoms with Crippen molar-refractivity contribution in [2.75, 3.05) is 12.9 Å². The number of hydrogen-bond donors (Lipinski definition) is 1. The number of thioether (sulfide) groups is 1. The summed E-state index contributed by atoms with van der Waals surface area (Å²) in [7, 11) is 1.61. The van der Waals surface area contributed by atoms with Crippen LogP contribution < -0.4 is 10.1 Å². The van der Waals surface area contributed by atoms with E-state index in [4.69, 9.17) is 16.3 Å². The molecule has 0 aromatic heterocycles. The van der Waals surface area contributed by atoms with Gasteiger partial charge in [0, 0.05) is 23.4 Å². The fourth-order valence-corrected chi connectivity index (χ4v) is 4.16. The maximum Gasteiger partial charge on any atom is 0.242 e. The quantitative estimate of drug-likeness (QED) is 0.515. The van der Waals surface area contributed by atoms with Crippen molar-refractivity contribution in [1.29, 1.82) is 0 Å². The van der Waals surface area contributed by atoms with Crippen LogP contribution >= 0.6 is 23.4 Å². The van der Waals surface area contributed by atoms with Gasteiger partial charge in [0.2, 0.25) is 11.8 Å². The molecule has 0 spiro atoms. The molecular formula is C24H31ClN2O3S. The zero-order valence-electron chi connectivity index (χ0n) is 18.6. The van der Waals surface area contributed by atoms with Gasteiger partial charge in [0.25, 0.3) is 0 Å². The van der Waals surface area contributed by atoms with Crippen molar-refractivity contribution in [3.8, 4) is 5.75 Å². The lowest BCUT2D eigenvalue weighted by Crippen LogP contribution is -2.50. The lowest BCUT2D eigenvalue weighted by Gasteiger charge is -2.29. The van der Waals surface area contributed by atoms with Crippen molar-refractivity contribution in [2.45, 2.75) is 51.6 Å². The number of rotatable bonds is 11. The first-order valence-electron chi connectivity index (χ1n) is 10.4. The molecule has 0 unspecified atom stereocenters. The molecule has 2 aromatic carbocycles. The monoisotopic (exact) mass is 462 g/mol. The lowest BCUT2D eigenvalue weighted by molar-refractivity contribution is -0.138. The van der Waals surface area contributed by atoms with Crippen LogP contribution in [-0.2, 0) is 21.9 Å². The summed E-state index contributed by atoms with van der Waals surface area (Å²) >= 11 is 7.71. The second-order valence-electron chi connectivity index (χ2n) is 7.45. The Kier molecular flexibility index (Phi) is 10.2. The van der Waals surface area contributed by atoms with Gasteiger partial charge >= 0.3 is 0 Å². The van der Waals surface area contributed by atoms with Gasteiger partial charge in [-0.25, -0.2) is 0 Å². The van der Waals surface area contributed by atoms with E-state index in [-0.39, 0.29) is 23.6 Å². The molecule has 0 radical (unpaired) electrons. The standard InChI is InChI=1S/C24H31ClN2O3S/c1-5-17(2)26-24(29)18(3)27(14-19-9-8-11-21(13-19)30-4)23(28)16-31-15-20-10-6-7-12-22(20)25/h6-13,17-18H,5,14-16H2,1-4H3,(H,26,29)/t17-,18+/m1/s1. The summed E-state index contributed by atoms with van der Waals surface area (Å²) in [6.07, 6.45) is 0.829. The van der Waals surface area contributed by atoms with Crippen LogP contribution in [0.4, 0.5) is 0 Å². The number of carbonyl (C=O) groups excluding carboxylic acids is 2. The molecule has 168 valence electrons. The van der Waals surface area contributed by atoms with Gasteiger partial charge in [-0.3, -0.25) is 9.59 Å². The van der Waals surface area contributed by atoms with Gasteiger partial charge in [0.1, 0.15) is 11.8 Å². The second kappa shape index (κ2) is 12.6. The SMILES string of the molecule is CC[C@@H](C)NC(=O)[C@H](C)N(Cc1cccc(OC)c1)C(=O)CSCc1ccccc1Cl. The van der Waals surface area contributed by atoms with Crippen LogP contribution in [-0.4, -0.2) is 41.7 Å². The Labute approximate surface area is 194 Å². The fourth-order valence-electron chi connectivity index (χ4n) is 2.96. The van der Waals surface area contributed by atoms with Crippen LogP contribution in [0, 0.1) is 0 Å². The predicted octanol–water partition coefficient (Wildman–Crippen LogP) is 4.91. The predicted molar refractivity (Wildman–Crippen MR) is 129 cm³/mol. The molecule has 5 nitrogen and oxygen atoms in total. The average Bonchev–Trinajstić information content (AvgIpc) is 2.78. The molecule has 0 fully saturated rings. The minimum absolute atomic E-state index is 0.0540. The molecule has 0 aliphatic rings. The minimum Gasteiger partial charge on any atom is -0.497 e. The zero-order chi connectivity index (χ0) is 22.8. The highest BCUT2D eigenvalue weighted by Gasteiger charge is 2.26. The number of amides is 2. The summed E-state index contributed by atoms with van der Waals surface area (Å²) in [5.74, 6) is 1.37. The van der Waals surface area contributed by atoms with Crippen molar-refractivity contribution in [1.82, 2.24) is 10.2 Å². The molecule has 0 aliphatic heterocycles. The van der Waals surface area contributed by atoms with E-state index >= 15 is 0 Å². The summed E-state index contributed by atoms with van der Waals surface area (Å²) in [5, 5.41) is 3.67. The smallest absolute Gasteiger partial charge is 0.242 e. The maximum absolute atomic E-state index is 13.1. The Balaban J connectivity index is 2.11. The number of benzene rings is 2. The van der Waals surface area contributed by atoms with E-state index in [1.54, 1.807) is 18.9 Å². The highest BCUT2D eigenvalue weighted by molar-refractivity contribution is 7.99. The first-order chi connectivity index (χ1) is 14.8. The van der Waals surface area contributed by atoms with Crippen molar-refractivity contribution in [3.05, 3.63) is 64.7 Å². The van der Waals surface area contributed by atoms with Gasteiger partial charge in [-0.2, -0.15) is 0 Å². The van der Waals surface area contributed by atoms with Crippen LogP contribution in [0.15, 0.2) is 48.5 Å². The molecule has 0 bridgehead atoms. The van der Waals surface area contributed by atoms with E-state index in [0.29, 0.717) is 17.3 Å². The Morgan fingerprint density at radius 2 is 1.90 bits per heavy atom. The largest absolute Gasteiger partial charge is 0.497 e. The van der Waals surface area contributed by atoms with Crippen LogP contribution in [0.1, 0.15) is 38.3 Å².